The highest BCUT2D eigenvalue weighted by atomic mass is 32.1. The monoisotopic (exact) mass is 705 g/mol. The molecule has 2 fully saturated rings. The zero-order valence-electron chi connectivity index (χ0n) is 29.8. The molecule has 0 spiro atoms. The summed E-state index contributed by atoms with van der Waals surface area (Å²) in [6.45, 7) is 0. The molecular weight excluding hydrogens is 663 g/mol. The van der Waals surface area contributed by atoms with Gasteiger partial charge in [0, 0.05) is 20.2 Å². The lowest BCUT2D eigenvalue weighted by molar-refractivity contribution is 0.203. The van der Waals surface area contributed by atoms with Crippen molar-refractivity contribution in [3.63, 3.8) is 0 Å². The third-order valence-electron chi connectivity index (χ3n) is 11.6. The molecule has 8 aromatic rings. The molecule has 7 aromatic carbocycles. The maximum atomic E-state index is 3.95. The van der Waals surface area contributed by atoms with Crippen molar-refractivity contribution in [1.82, 2.24) is 16.0 Å². The van der Waals surface area contributed by atoms with Gasteiger partial charge in [0.05, 0.1) is 18.5 Å². The lowest BCUT2D eigenvalue weighted by atomic mass is 9.83. The van der Waals surface area contributed by atoms with Crippen molar-refractivity contribution in [2.75, 3.05) is 0 Å². The minimum atomic E-state index is -0.0175. The van der Waals surface area contributed by atoms with Crippen LogP contribution in [-0.4, -0.2) is 0 Å². The van der Waals surface area contributed by atoms with Gasteiger partial charge in [-0.15, -0.1) is 11.3 Å². The van der Waals surface area contributed by atoms with Gasteiger partial charge in [-0.2, -0.15) is 0 Å². The van der Waals surface area contributed by atoms with Crippen LogP contribution in [-0.2, 0) is 0 Å². The minimum absolute atomic E-state index is 0.0130. The molecule has 0 bridgehead atoms. The van der Waals surface area contributed by atoms with Gasteiger partial charge in [0.15, 0.2) is 0 Å². The first-order valence-electron chi connectivity index (χ1n) is 19.2. The summed E-state index contributed by atoms with van der Waals surface area (Å²) in [4.78, 5) is 0. The SMILES string of the molecule is c1ccc(C2NC(c3cccc(C4CCCCC4)c3)NC(c3ccc4c(c3)sc3cc(-c5ccc(-c6ccc7ccccc7c6)cc5)ccc34)N2)cc1. The second kappa shape index (κ2) is 14.0. The maximum Gasteiger partial charge on any atom is 0.0865 e. The first kappa shape index (κ1) is 32.5. The summed E-state index contributed by atoms with van der Waals surface area (Å²) >= 11 is 1.89. The van der Waals surface area contributed by atoms with Crippen LogP contribution in [0.4, 0.5) is 0 Å². The summed E-state index contributed by atoms with van der Waals surface area (Å²) in [6.07, 6.45) is 6.69. The molecule has 1 aliphatic heterocycles. The van der Waals surface area contributed by atoms with Gasteiger partial charge in [-0.1, -0.05) is 159 Å². The average molecular weight is 706 g/mol. The van der Waals surface area contributed by atoms with E-state index in [9.17, 15) is 0 Å². The number of fused-ring (bicyclic) bond motifs is 4. The van der Waals surface area contributed by atoms with Gasteiger partial charge in [0.25, 0.3) is 0 Å². The Kier molecular flexibility index (Phi) is 8.62. The van der Waals surface area contributed by atoms with E-state index in [4.69, 9.17) is 0 Å². The third-order valence-corrected chi connectivity index (χ3v) is 12.7. The molecule has 1 aliphatic carbocycles. The molecule has 53 heavy (non-hydrogen) atoms. The van der Waals surface area contributed by atoms with E-state index in [1.807, 2.05) is 11.3 Å². The Labute approximate surface area is 315 Å². The summed E-state index contributed by atoms with van der Waals surface area (Å²) in [5.74, 6) is 0.678. The van der Waals surface area contributed by atoms with Crippen molar-refractivity contribution in [3.8, 4) is 22.3 Å². The molecule has 3 N–H and O–H groups in total. The largest absolute Gasteiger partial charge is 0.279 e. The highest BCUT2D eigenvalue weighted by molar-refractivity contribution is 7.25. The summed E-state index contributed by atoms with van der Waals surface area (Å²) in [5.41, 5.74) is 10.3. The van der Waals surface area contributed by atoms with Gasteiger partial charge < -0.3 is 0 Å². The van der Waals surface area contributed by atoms with Crippen LogP contribution >= 0.6 is 11.3 Å². The Morgan fingerprint density at radius 3 is 1.68 bits per heavy atom. The van der Waals surface area contributed by atoms with Gasteiger partial charge in [0.2, 0.25) is 0 Å². The smallest absolute Gasteiger partial charge is 0.0865 e. The fourth-order valence-corrected chi connectivity index (χ4v) is 9.87. The molecule has 2 heterocycles. The van der Waals surface area contributed by atoms with E-state index in [2.05, 4.69) is 174 Å². The number of rotatable bonds is 6. The molecule has 1 aromatic heterocycles. The number of benzene rings is 7. The molecule has 260 valence electrons. The van der Waals surface area contributed by atoms with Gasteiger partial charge >= 0.3 is 0 Å². The van der Waals surface area contributed by atoms with E-state index >= 15 is 0 Å². The van der Waals surface area contributed by atoms with Crippen molar-refractivity contribution < 1.29 is 0 Å². The van der Waals surface area contributed by atoms with Crippen molar-refractivity contribution >= 4 is 42.3 Å². The van der Waals surface area contributed by atoms with Crippen LogP contribution in [0.2, 0.25) is 0 Å². The Balaban J connectivity index is 0.941. The van der Waals surface area contributed by atoms with E-state index in [0.717, 1.165) is 0 Å². The molecule has 4 heteroatoms. The molecule has 1 saturated heterocycles. The quantitative estimate of drug-likeness (QED) is 0.161. The van der Waals surface area contributed by atoms with E-state index in [-0.39, 0.29) is 18.5 Å². The predicted molar refractivity (Wildman–Crippen MR) is 224 cm³/mol. The maximum absolute atomic E-state index is 3.95. The minimum Gasteiger partial charge on any atom is -0.279 e. The van der Waals surface area contributed by atoms with Crippen LogP contribution in [0.3, 0.4) is 0 Å². The normalized spacial score (nSPS) is 19.6. The second-order valence-electron chi connectivity index (χ2n) is 14.9. The molecule has 0 amide bonds. The molecule has 1 saturated carbocycles. The average Bonchev–Trinajstić information content (AvgIpc) is 3.61. The van der Waals surface area contributed by atoms with Crippen LogP contribution in [0.15, 0.2) is 158 Å². The predicted octanol–water partition coefficient (Wildman–Crippen LogP) is 12.8. The van der Waals surface area contributed by atoms with Gasteiger partial charge in [-0.3, -0.25) is 16.0 Å². The first-order valence-corrected chi connectivity index (χ1v) is 20.0. The molecular formula is C49H43N3S. The number of nitrogens with one attached hydrogen (secondary N) is 3. The molecule has 3 nitrogen and oxygen atoms in total. The molecule has 0 radical (unpaired) electrons. The van der Waals surface area contributed by atoms with Crippen LogP contribution in [0.1, 0.15) is 78.8 Å². The van der Waals surface area contributed by atoms with E-state index in [1.165, 1.54) is 108 Å². The molecule has 3 atom stereocenters. The lowest BCUT2D eigenvalue weighted by Gasteiger charge is -2.40. The van der Waals surface area contributed by atoms with Crippen molar-refractivity contribution in [2.24, 2.45) is 0 Å². The van der Waals surface area contributed by atoms with Crippen molar-refractivity contribution in [1.29, 1.82) is 0 Å². The van der Waals surface area contributed by atoms with Gasteiger partial charge in [0.1, 0.15) is 0 Å². The Hall–Kier alpha value is -5.10. The third kappa shape index (κ3) is 6.47. The molecule has 2 aliphatic rings. The summed E-state index contributed by atoms with van der Waals surface area (Å²) in [6, 6.07) is 58.4. The molecule has 3 unspecified atom stereocenters. The number of hydrogen-bond acceptors (Lipinski definition) is 4. The Morgan fingerprint density at radius 1 is 0.377 bits per heavy atom. The summed E-state index contributed by atoms with van der Waals surface area (Å²) in [5, 5.41) is 16.9. The van der Waals surface area contributed by atoms with Crippen molar-refractivity contribution in [2.45, 2.75) is 56.5 Å². The van der Waals surface area contributed by atoms with Crippen LogP contribution in [0.25, 0.3) is 53.2 Å². The fourth-order valence-electron chi connectivity index (χ4n) is 8.67. The van der Waals surface area contributed by atoms with E-state index in [0.29, 0.717) is 5.92 Å². The fraction of sp³-hybridized carbons (Fsp3) is 0.184. The standard InChI is InChI=1S/C49H43N3S/c1-3-10-32(11-4-1)38-16-9-17-41(29-38)48-50-47(36-13-5-2-6-14-36)51-49(52-48)42-25-27-44-43-26-24-40(30-45(43)53-46(44)31-42)35-20-18-34(19-21-35)39-23-22-33-12-7-8-15-37(33)28-39/h2,5-9,12-32,47-52H,1,3-4,10-11H2. The summed E-state index contributed by atoms with van der Waals surface area (Å²) < 4.78 is 2.63. The number of hydrogen-bond donors (Lipinski definition) is 3. The topological polar surface area (TPSA) is 36.1 Å². The van der Waals surface area contributed by atoms with Gasteiger partial charge in [-0.25, -0.2) is 0 Å². The molecule has 10 rings (SSSR count). The van der Waals surface area contributed by atoms with Crippen LogP contribution in [0.5, 0.6) is 0 Å². The van der Waals surface area contributed by atoms with Crippen LogP contribution in [0, 0.1) is 0 Å². The highest BCUT2D eigenvalue weighted by Crippen LogP contribution is 2.39. The Bertz CT molecular complexity index is 2550. The first-order chi connectivity index (χ1) is 26.2. The highest BCUT2D eigenvalue weighted by Gasteiger charge is 2.30. The Morgan fingerprint density at radius 2 is 0.925 bits per heavy atom. The zero-order chi connectivity index (χ0) is 35.1. The summed E-state index contributed by atoms with van der Waals surface area (Å²) in [7, 11) is 0. The number of thiophene rings is 1. The van der Waals surface area contributed by atoms with Gasteiger partial charge in [-0.05, 0) is 92.2 Å². The lowest BCUT2D eigenvalue weighted by Crippen LogP contribution is -2.54. The van der Waals surface area contributed by atoms with E-state index < -0.39 is 0 Å². The van der Waals surface area contributed by atoms with Crippen LogP contribution < -0.4 is 16.0 Å². The zero-order valence-corrected chi connectivity index (χ0v) is 30.6. The van der Waals surface area contributed by atoms with E-state index in [1.54, 1.807) is 0 Å². The second-order valence-corrected chi connectivity index (χ2v) is 16.0. The van der Waals surface area contributed by atoms with Crippen molar-refractivity contribution in [3.05, 3.63) is 180 Å².